The summed E-state index contributed by atoms with van der Waals surface area (Å²) in [7, 11) is 0. The predicted octanol–water partition coefficient (Wildman–Crippen LogP) is 3.64. The van der Waals surface area contributed by atoms with Crippen LogP contribution in [0.3, 0.4) is 0 Å². The first-order valence-corrected chi connectivity index (χ1v) is 9.51. The SMILES string of the molecule is CC(C)CNc1cc(C(=O)N2CCC(Cc3ccccc3)CC2)ncn1. The van der Waals surface area contributed by atoms with E-state index in [-0.39, 0.29) is 5.91 Å². The molecule has 5 heteroatoms. The number of likely N-dealkylation sites (tertiary alicyclic amines) is 1. The van der Waals surface area contributed by atoms with Crippen LogP contribution in [0.2, 0.25) is 0 Å². The zero-order chi connectivity index (χ0) is 18.4. The van der Waals surface area contributed by atoms with Gasteiger partial charge in [-0.15, -0.1) is 0 Å². The predicted molar refractivity (Wildman–Crippen MR) is 104 cm³/mol. The topological polar surface area (TPSA) is 58.1 Å². The quantitative estimate of drug-likeness (QED) is 0.862. The number of carbonyl (C=O) groups is 1. The van der Waals surface area contributed by atoms with Crippen LogP contribution in [0, 0.1) is 11.8 Å². The van der Waals surface area contributed by atoms with Crippen molar-refractivity contribution in [1.29, 1.82) is 0 Å². The van der Waals surface area contributed by atoms with E-state index in [2.05, 4.69) is 59.5 Å². The minimum Gasteiger partial charge on any atom is -0.370 e. The molecule has 2 heterocycles. The Bertz CT molecular complexity index is 709. The Kier molecular flexibility index (Phi) is 6.21. The molecule has 1 N–H and O–H groups in total. The molecule has 1 saturated heterocycles. The largest absolute Gasteiger partial charge is 0.370 e. The van der Waals surface area contributed by atoms with E-state index in [4.69, 9.17) is 0 Å². The minimum absolute atomic E-state index is 0.0122. The van der Waals surface area contributed by atoms with Gasteiger partial charge in [0.2, 0.25) is 0 Å². The van der Waals surface area contributed by atoms with Gasteiger partial charge in [-0.2, -0.15) is 0 Å². The summed E-state index contributed by atoms with van der Waals surface area (Å²) in [6.45, 7) is 6.71. The second-order valence-electron chi connectivity index (χ2n) is 7.49. The maximum Gasteiger partial charge on any atom is 0.272 e. The first-order valence-electron chi connectivity index (χ1n) is 9.51. The molecule has 0 aliphatic carbocycles. The highest BCUT2D eigenvalue weighted by Crippen LogP contribution is 2.22. The molecule has 0 radical (unpaired) electrons. The molecular formula is C21H28N4O. The number of carbonyl (C=O) groups excluding carboxylic acids is 1. The third kappa shape index (κ3) is 5.04. The number of aromatic nitrogens is 2. The van der Waals surface area contributed by atoms with Gasteiger partial charge in [0.1, 0.15) is 17.8 Å². The summed E-state index contributed by atoms with van der Waals surface area (Å²) in [5.74, 6) is 1.90. The fourth-order valence-electron chi connectivity index (χ4n) is 3.33. The molecule has 0 atom stereocenters. The zero-order valence-corrected chi connectivity index (χ0v) is 15.7. The molecule has 3 rings (SSSR count). The standard InChI is InChI=1S/C21H28N4O/c1-16(2)14-22-20-13-19(23-15-24-20)21(26)25-10-8-18(9-11-25)12-17-6-4-3-5-7-17/h3-7,13,15-16,18H,8-12,14H2,1-2H3,(H,22,23,24). The van der Waals surface area contributed by atoms with Crippen LogP contribution in [0.25, 0.3) is 0 Å². The molecule has 1 fully saturated rings. The number of nitrogens with one attached hydrogen (secondary N) is 1. The van der Waals surface area contributed by atoms with E-state index in [0.29, 0.717) is 17.5 Å². The molecule has 2 aromatic rings. The summed E-state index contributed by atoms with van der Waals surface area (Å²) in [6, 6.07) is 12.4. The van der Waals surface area contributed by atoms with Crippen molar-refractivity contribution in [2.24, 2.45) is 11.8 Å². The van der Waals surface area contributed by atoms with E-state index in [9.17, 15) is 4.79 Å². The Balaban J connectivity index is 1.54. The molecule has 5 nitrogen and oxygen atoms in total. The van der Waals surface area contributed by atoms with Gasteiger partial charge in [0.05, 0.1) is 0 Å². The van der Waals surface area contributed by atoms with Crippen molar-refractivity contribution in [2.75, 3.05) is 25.0 Å². The molecule has 0 saturated carbocycles. The van der Waals surface area contributed by atoms with Crippen LogP contribution in [-0.4, -0.2) is 40.4 Å². The van der Waals surface area contributed by atoms with Crippen LogP contribution in [0.1, 0.15) is 42.7 Å². The van der Waals surface area contributed by atoms with E-state index in [0.717, 1.165) is 44.7 Å². The summed E-state index contributed by atoms with van der Waals surface area (Å²) >= 11 is 0. The first-order chi connectivity index (χ1) is 12.6. The summed E-state index contributed by atoms with van der Waals surface area (Å²) in [5.41, 5.74) is 1.86. The number of piperidine rings is 1. The van der Waals surface area contributed by atoms with Crippen LogP contribution in [-0.2, 0) is 6.42 Å². The van der Waals surface area contributed by atoms with E-state index in [1.54, 1.807) is 6.07 Å². The molecule has 0 spiro atoms. The highest BCUT2D eigenvalue weighted by atomic mass is 16.2. The molecule has 1 aliphatic heterocycles. The highest BCUT2D eigenvalue weighted by molar-refractivity contribution is 5.92. The van der Waals surface area contributed by atoms with Gasteiger partial charge in [0, 0.05) is 25.7 Å². The molecule has 0 unspecified atom stereocenters. The second-order valence-corrected chi connectivity index (χ2v) is 7.49. The Labute approximate surface area is 155 Å². The maximum atomic E-state index is 12.8. The van der Waals surface area contributed by atoms with Crippen molar-refractivity contribution in [1.82, 2.24) is 14.9 Å². The number of nitrogens with zero attached hydrogens (tertiary/aromatic N) is 3. The van der Waals surface area contributed by atoms with E-state index >= 15 is 0 Å². The van der Waals surface area contributed by atoms with E-state index in [1.165, 1.54) is 11.9 Å². The molecule has 0 bridgehead atoms. The molecule has 26 heavy (non-hydrogen) atoms. The first kappa shape index (κ1) is 18.4. The number of hydrogen-bond acceptors (Lipinski definition) is 4. The lowest BCUT2D eigenvalue weighted by Gasteiger charge is -2.32. The van der Waals surface area contributed by atoms with Crippen molar-refractivity contribution in [3.8, 4) is 0 Å². The Hall–Kier alpha value is -2.43. The van der Waals surface area contributed by atoms with Crippen LogP contribution >= 0.6 is 0 Å². The van der Waals surface area contributed by atoms with Crippen LogP contribution in [0.4, 0.5) is 5.82 Å². The van der Waals surface area contributed by atoms with Gasteiger partial charge < -0.3 is 10.2 Å². The highest BCUT2D eigenvalue weighted by Gasteiger charge is 2.24. The van der Waals surface area contributed by atoms with E-state index in [1.807, 2.05) is 4.90 Å². The van der Waals surface area contributed by atoms with Gasteiger partial charge in [0.25, 0.3) is 5.91 Å². The molecule has 1 aromatic carbocycles. The molecule has 138 valence electrons. The Morgan fingerprint density at radius 2 is 1.92 bits per heavy atom. The fourth-order valence-corrected chi connectivity index (χ4v) is 3.33. The smallest absolute Gasteiger partial charge is 0.272 e. The van der Waals surface area contributed by atoms with Crippen molar-refractivity contribution in [2.45, 2.75) is 33.1 Å². The number of benzene rings is 1. The van der Waals surface area contributed by atoms with Gasteiger partial charge in [-0.3, -0.25) is 4.79 Å². The zero-order valence-electron chi connectivity index (χ0n) is 15.7. The summed E-state index contributed by atoms with van der Waals surface area (Å²) in [4.78, 5) is 23.1. The number of rotatable bonds is 6. The van der Waals surface area contributed by atoms with Crippen molar-refractivity contribution in [3.05, 3.63) is 54.0 Å². The number of amides is 1. The number of hydrogen-bond donors (Lipinski definition) is 1. The molecule has 1 aliphatic rings. The molecule has 1 amide bonds. The van der Waals surface area contributed by atoms with Crippen molar-refractivity contribution >= 4 is 11.7 Å². The summed E-state index contributed by atoms with van der Waals surface area (Å²) in [6.07, 6.45) is 4.66. The van der Waals surface area contributed by atoms with E-state index < -0.39 is 0 Å². The Morgan fingerprint density at radius 3 is 2.62 bits per heavy atom. The maximum absolute atomic E-state index is 12.8. The third-order valence-corrected chi connectivity index (χ3v) is 4.85. The normalized spacial score (nSPS) is 15.3. The van der Waals surface area contributed by atoms with Crippen LogP contribution in [0.15, 0.2) is 42.7 Å². The van der Waals surface area contributed by atoms with Gasteiger partial charge in [0.15, 0.2) is 0 Å². The second kappa shape index (κ2) is 8.79. The fraction of sp³-hybridized carbons (Fsp3) is 0.476. The summed E-state index contributed by atoms with van der Waals surface area (Å²) < 4.78 is 0. The van der Waals surface area contributed by atoms with Gasteiger partial charge in [-0.05, 0) is 36.7 Å². The lowest BCUT2D eigenvalue weighted by molar-refractivity contribution is 0.0684. The number of anilines is 1. The van der Waals surface area contributed by atoms with Crippen molar-refractivity contribution < 1.29 is 4.79 Å². The average molecular weight is 352 g/mol. The molecular weight excluding hydrogens is 324 g/mol. The summed E-state index contributed by atoms with van der Waals surface area (Å²) in [5, 5.41) is 3.25. The molecule has 1 aromatic heterocycles. The van der Waals surface area contributed by atoms with Crippen LogP contribution in [0.5, 0.6) is 0 Å². The minimum atomic E-state index is 0.0122. The average Bonchev–Trinajstić information content (AvgIpc) is 2.67. The van der Waals surface area contributed by atoms with Gasteiger partial charge in [-0.25, -0.2) is 9.97 Å². The van der Waals surface area contributed by atoms with Gasteiger partial charge in [-0.1, -0.05) is 44.2 Å². The lowest BCUT2D eigenvalue weighted by Crippen LogP contribution is -2.39. The third-order valence-electron chi connectivity index (χ3n) is 4.85. The lowest BCUT2D eigenvalue weighted by atomic mass is 9.90. The van der Waals surface area contributed by atoms with Crippen molar-refractivity contribution in [3.63, 3.8) is 0 Å². The van der Waals surface area contributed by atoms with Gasteiger partial charge >= 0.3 is 0 Å². The van der Waals surface area contributed by atoms with Crippen LogP contribution < -0.4 is 5.32 Å². The Morgan fingerprint density at radius 1 is 1.19 bits per heavy atom. The monoisotopic (exact) mass is 352 g/mol.